The van der Waals surface area contributed by atoms with Crippen molar-refractivity contribution >= 4 is 53.2 Å². The molecule has 0 aliphatic heterocycles. The van der Waals surface area contributed by atoms with Gasteiger partial charge in [0.2, 0.25) is 0 Å². The number of ether oxygens (including phenoxy) is 4. The molecule has 0 atom stereocenters. The Morgan fingerprint density at radius 1 is 0.800 bits per heavy atom. The molecule has 4 aromatic carbocycles. The summed E-state index contributed by atoms with van der Waals surface area (Å²) in [5, 5.41) is 2.67. The van der Waals surface area contributed by atoms with Gasteiger partial charge in [-0.1, -0.05) is 24.3 Å². The van der Waals surface area contributed by atoms with Crippen molar-refractivity contribution in [3.05, 3.63) is 94.1 Å². The first-order chi connectivity index (χ1) is 17.2. The van der Waals surface area contributed by atoms with Crippen LogP contribution in [0.5, 0.6) is 17.2 Å². The predicted octanol–water partition coefficient (Wildman–Crippen LogP) is 8.30. The van der Waals surface area contributed by atoms with Crippen molar-refractivity contribution in [3.8, 4) is 22.1 Å². The third kappa shape index (κ3) is 4.96. The Kier molecular flexibility index (Phi) is 7.41. The number of benzene rings is 4. The lowest BCUT2D eigenvalue weighted by Gasteiger charge is -2.14. The fourth-order valence-electron chi connectivity index (χ4n) is 4.13. The molecule has 4 nitrogen and oxygen atoms in total. The van der Waals surface area contributed by atoms with E-state index in [2.05, 4.69) is 95.4 Å². The van der Waals surface area contributed by atoms with Crippen LogP contribution in [0.15, 0.2) is 84.9 Å². The van der Waals surface area contributed by atoms with Gasteiger partial charge in [-0.25, -0.2) is 0 Å². The van der Waals surface area contributed by atoms with Gasteiger partial charge < -0.3 is 18.9 Å². The maximum absolute atomic E-state index is 6.12. The first-order valence-corrected chi connectivity index (χ1v) is 13.7. The van der Waals surface area contributed by atoms with Crippen molar-refractivity contribution in [2.24, 2.45) is 0 Å². The second-order valence-electron chi connectivity index (χ2n) is 7.92. The molecule has 0 saturated carbocycles. The zero-order valence-corrected chi connectivity index (χ0v) is 22.6. The van der Waals surface area contributed by atoms with Gasteiger partial charge in [0, 0.05) is 40.0 Å². The third-order valence-corrected chi connectivity index (χ3v) is 8.89. The molecule has 0 saturated heterocycles. The van der Waals surface area contributed by atoms with Crippen molar-refractivity contribution in [2.75, 3.05) is 20.5 Å². The van der Waals surface area contributed by atoms with Crippen molar-refractivity contribution in [1.82, 2.24) is 0 Å². The normalized spacial score (nSPS) is 11.2. The molecule has 1 heterocycles. The molecule has 0 aliphatic carbocycles. The molecule has 0 radical (unpaired) electrons. The summed E-state index contributed by atoms with van der Waals surface area (Å²) in [5.74, 6) is 2.20. The Balaban J connectivity index is 1.36. The Morgan fingerprint density at radius 3 is 2.09 bits per heavy atom. The highest BCUT2D eigenvalue weighted by Crippen LogP contribution is 2.48. The van der Waals surface area contributed by atoms with Gasteiger partial charge in [-0.2, -0.15) is 0 Å². The number of halogens is 1. The number of hydrogen-bond acceptors (Lipinski definition) is 4. The van der Waals surface area contributed by atoms with E-state index in [4.69, 9.17) is 18.9 Å². The smallest absolute Gasteiger partial charge is 0.189 e. The van der Waals surface area contributed by atoms with E-state index in [1.54, 1.807) is 7.11 Å². The third-order valence-electron chi connectivity index (χ3n) is 5.75. The number of rotatable bonds is 9. The molecule has 0 bridgehead atoms. The second kappa shape index (κ2) is 10.8. The van der Waals surface area contributed by atoms with Crippen LogP contribution in [0, 0.1) is 3.57 Å². The maximum atomic E-state index is 6.12. The number of fused-ring (bicyclic) bond motifs is 3. The van der Waals surface area contributed by atoms with E-state index in [9.17, 15) is 0 Å². The van der Waals surface area contributed by atoms with Crippen LogP contribution in [0.25, 0.3) is 25.1 Å². The summed E-state index contributed by atoms with van der Waals surface area (Å²) in [6, 6.07) is 29.9. The molecule has 178 valence electrons. The minimum absolute atomic E-state index is 0.0999. The van der Waals surface area contributed by atoms with E-state index in [-0.39, 0.29) is 17.3 Å². The fourth-order valence-corrected chi connectivity index (χ4v) is 7.33. The summed E-state index contributed by atoms with van der Waals surface area (Å²) in [6.45, 7) is 3.17. The standard InChI is InChI=1S/C29H26IO4S/c1-3-32-19-34-29-25(30)16-20(17-26(29)31-2)18-33-21-12-14-22(15-13-21)35-27-10-6-4-8-23(27)24-9-5-7-11-28(24)35/h4-17H,3,18-19H2,1-2H3/q+1. The van der Waals surface area contributed by atoms with Gasteiger partial charge in [-0.15, -0.1) is 0 Å². The van der Waals surface area contributed by atoms with Crippen LogP contribution in [-0.4, -0.2) is 20.5 Å². The molecule has 5 rings (SSSR count). The molecule has 0 N–H and O–H groups in total. The van der Waals surface area contributed by atoms with Gasteiger partial charge in [0.15, 0.2) is 32.6 Å². The van der Waals surface area contributed by atoms with Gasteiger partial charge in [0.05, 0.1) is 10.7 Å². The highest BCUT2D eigenvalue weighted by Gasteiger charge is 2.23. The number of thiophene rings is 1. The lowest BCUT2D eigenvalue weighted by molar-refractivity contribution is 0.0203. The summed E-state index contributed by atoms with van der Waals surface area (Å²) < 4.78 is 26.4. The molecular formula is C29H26IO4S+. The van der Waals surface area contributed by atoms with Gasteiger partial charge in [0.1, 0.15) is 12.4 Å². The molecule has 0 amide bonds. The van der Waals surface area contributed by atoms with Crippen molar-refractivity contribution in [1.29, 1.82) is 0 Å². The van der Waals surface area contributed by atoms with Crippen LogP contribution >= 0.6 is 33.1 Å². The Morgan fingerprint density at radius 2 is 1.46 bits per heavy atom. The highest BCUT2D eigenvalue weighted by molar-refractivity contribution is 14.1. The zero-order chi connectivity index (χ0) is 24.2. The van der Waals surface area contributed by atoms with E-state index in [0.717, 1.165) is 14.9 Å². The van der Waals surface area contributed by atoms with Crippen LogP contribution in [0.3, 0.4) is 0 Å². The van der Waals surface area contributed by atoms with Gasteiger partial charge >= 0.3 is 0 Å². The second-order valence-corrected chi connectivity index (χ2v) is 11.0. The van der Waals surface area contributed by atoms with Crippen LogP contribution in [-0.2, 0) is 11.3 Å². The lowest BCUT2D eigenvalue weighted by atomic mass is 10.2. The minimum atomic E-state index is -0.0999. The van der Waals surface area contributed by atoms with Gasteiger partial charge in [-0.05, 0) is 83.6 Å². The Bertz CT molecular complexity index is 1410. The van der Waals surface area contributed by atoms with Crippen LogP contribution in [0.4, 0.5) is 0 Å². The van der Waals surface area contributed by atoms with Gasteiger partial charge in [0.25, 0.3) is 0 Å². The molecule has 0 aliphatic rings. The van der Waals surface area contributed by atoms with E-state index >= 15 is 0 Å². The van der Waals surface area contributed by atoms with E-state index in [1.807, 2.05) is 19.1 Å². The average molecular weight is 597 g/mol. The van der Waals surface area contributed by atoms with Gasteiger partial charge in [-0.3, -0.25) is 0 Å². The summed E-state index contributed by atoms with van der Waals surface area (Å²) in [6.07, 6.45) is 0. The van der Waals surface area contributed by atoms with Crippen molar-refractivity contribution in [2.45, 2.75) is 13.5 Å². The Hall–Kier alpha value is -2.81. The molecule has 35 heavy (non-hydrogen) atoms. The topological polar surface area (TPSA) is 36.9 Å². The SMILES string of the molecule is CCOCOc1c(I)cc(COc2ccc(-[s+]3c4ccccc4c4ccccc43)cc2)cc1OC. The van der Waals surface area contributed by atoms with Crippen LogP contribution in [0.2, 0.25) is 0 Å². The van der Waals surface area contributed by atoms with E-state index < -0.39 is 0 Å². The van der Waals surface area contributed by atoms with Crippen LogP contribution in [0.1, 0.15) is 12.5 Å². The maximum Gasteiger partial charge on any atom is 0.189 e. The average Bonchev–Trinajstić information content (AvgIpc) is 3.23. The quantitative estimate of drug-likeness (QED) is 0.0742. The zero-order valence-electron chi connectivity index (χ0n) is 19.6. The minimum Gasteiger partial charge on any atom is -0.493 e. The van der Waals surface area contributed by atoms with Crippen LogP contribution < -0.4 is 14.2 Å². The Labute approximate surface area is 221 Å². The summed E-state index contributed by atoms with van der Waals surface area (Å²) in [4.78, 5) is 1.29. The largest absolute Gasteiger partial charge is 0.493 e. The summed E-state index contributed by atoms with van der Waals surface area (Å²) in [5.41, 5.74) is 1.01. The highest BCUT2D eigenvalue weighted by atomic mass is 127. The van der Waals surface area contributed by atoms with Crippen molar-refractivity contribution in [3.63, 3.8) is 0 Å². The number of methoxy groups -OCH3 is 1. The number of hydrogen-bond donors (Lipinski definition) is 0. The first-order valence-electron chi connectivity index (χ1n) is 11.4. The molecule has 6 heteroatoms. The molecule has 0 fully saturated rings. The van der Waals surface area contributed by atoms with Crippen molar-refractivity contribution < 1.29 is 18.9 Å². The lowest BCUT2D eigenvalue weighted by Crippen LogP contribution is -2.06. The molecule has 0 spiro atoms. The predicted molar refractivity (Wildman–Crippen MR) is 152 cm³/mol. The summed E-state index contributed by atoms with van der Waals surface area (Å²) in [7, 11) is 1.54. The molecular weight excluding hydrogens is 571 g/mol. The fraction of sp³-hybridized carbons (Fsp3) is 0.172. The molecule has 5 aromatic rings. The van der Waals surface area contributed by atoms with E-state index in [0.29, 0.717) is 24.7 Å². The first kappa shape index (κ1) is 23.9. The monoisotopic (exact) mass is 597 g/mol. The molecule has 1 aromatic heterocycles. The molecule has 0 unspecified atom stereocenters. The van der Waals surface area contributed by atoms with E-state index in [1.165, 1.54) is 25.1 Å². The summed E-state index contributed by atoms with van der Waals surface area (Å²) >= 11 is 2.25.